The average Bonchev–Trinajstić information content (AvgIpc) is 2.77. The van der Waals surface area contributed by atoms with Crippen LogP contribution in [0.25, 0.3) is 10.2 Å². The summed E-state index contributed by atoms with van der Waals surface area (Å²) in [7, 11) is 4.02. The summed E-state index contributed by atoms with van der Waals surface area (Å²) >= 11 is 1.33. The summed E-state index contributed by atoms with van der Waals surface area (Å²) < 4.78 is 2.81. The molecule has 0 saturated heterocycles. The summed E-state index contributed by atoms with van der Waals surface area (Å²) in [6.07, 6.45) is 9.69. The van der Waals surface area contributed by atoms with E-state index in [0.717, 1.165) is 49.4 Å². The highest BCUT2D eigenvalue weighted by atomic mass is 32.1. The van der Waals surface area contributed by atoms with E-state index >= 15 is 0 Å². The minimum absolute atomic E-state index is 0.111. The Kier molecular flexibility index (Phi) is 5.66. The van der Waals surface area contributed by atoms with Crippen molar-refractivity contribution in [3.05, 3.63) is 57.7 Å². The molecule has 0 fully saturated rings. The van der Waals surface area contributed by atoms with Gasteiger partial charge in [0.1, 0.15) is 0 Å². The first-order chi connectivity index (χ1) is 11.6. The van der Waals surface area contributed by atoms with Gasteiger partial charge in [0.15, 0.2) is 0 Å². The van der Waals surface area contributed by atoms with Crippen LogP contribution in [0.4, 0.5) is 0 Å². The number of hydrogen-bond acceptors (Lipinski definition) is 4. The molecule has 1 aliphatic rings. The molecule has 0 N–H and O–H groups in total. The number of aryl methyl sites for hydroxylation is 1. The van der Waals surface area contributed by atoms with Crippen LogP contribution in [0.1, 0.15) is 5.56 Å². The fourth-order valence-electron chi connectivity index (χ4n) is 2.91. The molecule has 5 heteroatoms. The van der Waals surface area contributed by atoms with E-state index < -0.39 is 0 Å². The molecule has 0 amide bonds. The van der Waals surface area contributed by atoms with Gasteiger partial charge in [0, 0.05) is 39.8 Å². The van der Waals surface area contributed by atoms with Crippen LogP contribution in [0.15, 0.2) is 47.3 Å². The van der Waals surface area contributed by atoms with Crippen LogP contribution in [-0.4, -0.2) is 54.1 Å². The van der Waals surface area contributed by atoms with Gasteiger partial charge >= 0.3 is 4.87 Å². The van der Waals surface area contributed by atoms with Crippen molar-refractivity contribution < 1.29 is 0 Å². The molecule has 4 nitrogen and oxygen atoms in total. The zero-order valence-electron chi connectivity index (χ0n) is 14.4. The molecule has 2 aromatic rings. The third-order valence-corrected chi connectivity index (χ3v) is 5.54. The molecule has 0 aliphatic carbocycles. The Hall–Kier alpha value is -1.69. The lowest BCUT2D eigenvalue weighted by atomic mass is 10.1. The van der Waals surface area contributed by atoms with Gasteiger partial charge in [-0.3, -0.25) is 9.69 Å². The molecule has 0 spiro atoms. The van der Waals surface area contributed by atoms with Crippen molar-refractivity contribution >= 4 is 21.6 Å². The average molecular weight is 343 g/mol. The molecule has 0 bridgehead atoms. The van der Waals surface area contributed by atoms with Gasteiger partial charge in [-0.05, 0) is 31.2 Å². The maximum Gasteiger partial charge on any atom is 0.307 e. The Morgan fingerprint density at radius 2 is 1.92 bits per heavy atom. The molecule has 0 unspecified atom stereocenters. The van der Waals surface area contributed by atoms with E-state index in [2.05, 4.69) is 59.4 Å². The van der Waals surface area contributed by atoms with E-state index in [9.17, 15) is 4.79 Å². The SMILES string of the molecule is CN(CCc1ccc2c(c1)sc(=O)n2C)CCN1CC=CC=CC1. The number of likely N-dealkylation sites (N-methyl/N-ethyl adjacent to an activating group) is 1. The fraction of sp³-hybridized carbons (Fsp3) is 0.421. The lowest BCUT2D eigenvalue weighted by Crippen LogP contribution is -2.34. The molecular formula is C19H25N3OS. The van der Waals surface area contributed by atoms with Crippen molar-refractivity contribution in [1.82, 2.24) is 14.4 Å². The number of nitrogens with zero attached hydrogens (tertiary/aromatic N) is 3. The largest absolute Gasteiger partial charge is 0.307 e. The fourth-order valence-corrected chi connectivity index (χ4v) is 3.86. The predicted molar refractivity (Wildman–Crippen MR) is 103 cm³/mol. The van der Waals surface area contributed by atoms with Crippen molar-refractivity contribution in [3.63, 3.8) is 0 Å². The minimum atomic E-state index is 0.111. The van der Waals surface area contributed by atoms with Crippen molar-refractivity contribution in [2.75, 3.05) is 39.8 Å². The Morgan fingerprint density at radius 1 is 1.17 bits per heavy atom. The standard InChI is InChI=1S/C19H25N3OS/c1-20(13-14-22-10-5-3-4-6-11-22)12-9-16-7-8-17-18(15-16)24-19(23)21(17)2/h3-8,15H,9-14H2,1-2H3. The van der Waals surface area contributed by atoms with E-state index in [1.807, 2.05) is 7.05 Å². The van der Waals surface area contributed by atoms with Gasteiger partial charge in [-0.15, -0.1) is 0 Å². The number of aromatic nitrogens is 1. The molecular weight excluding hydrogens is 318 g/mol. The summed E-state index contributed by atoms with van der Waals surface area (Å²) in [4.78, 5) is 16.7. The molecule has 2 heterocycles. The molecule has 0 saturated carbocycles. The molecule has 3 rings (SSSR count). The first-order valence-corrected chi connectivity index (χ1v) is 9.26. The first kappa shape index (κ1) is 17.1. The highest BCUT2D eigenvalue weighted by Gasteiger charge is 2.07. The number of fused-ring (bicyclic) bond motifs is 1. The zero-order chi connectivity index (χ0) is 16.9. The molecule has 1 aromatic heterocycles. The highest BCUT2D eigenvalue weighted by molar-refractivity contribution is 7.16. The van der Waals surface area contributed by atoms with E-state index in [1.54, 1.807) is 4.57 Å². The Balaban J connectivity index is 1.50. The molecule has 0 atom stereocenters. The smallest absolute Gasteiger partial charge is 0.305 e. The minimum Gasteiger partial charge on any atom is -0.305 e. The molecule has 128 valence electrons. The summed E-state index contributed by atoms with van der Waals surface area (Å²) in [5, 5.41) is 0. The Morgan fingerprint density at radius 3 is 2.67 bits per heavy atom. The number of allylic oxidation sites excluding steroid dienone is 2. The Labute approximate surface area is 147 Å². The zero-order valence-corrected chi connectivity index (χ0v) is 15.3. The quantitative estimate of drug-likeness (QED) is 0.807. The summed E-state index contributed by atoms with van der Waals surface area (Å²) in [6, 6.07) is 6.38. The van der Waals surface area contributed by atoms with Crippen LogP contribution in [0.3, 0.4) is 0 Å². The van der Waals surface area contributed by atoms with E-state index in [4.69, 9.17) is 0 Å². The van der Waals surface area contributed by atoms with E-state index in [1.165, 1.54) is 16.9 Å². The normalized spacial score (nSPS) is 15.5. The second kappa shape index (κ2) is 7.92. The maximum atomic E-state index is 11.7. The van der Waals surface area contributed by atoms with E-state index in [-0.39, 0.29) is 4.87 Å². The van der Waals surface area contributed by atoms with Gasteiger partial charge in [0.05, 0.1) is 10.2 Å². The molecule has 1 aliphatic heterocycles. The number of rotatable bonds is 6. The van der Waals surface area contributed by atoms with Crippen molar-refractivity contribution in [3.8, 4) is 0 Å². The van der Waals surface area contributed by atoms with Crippen LogP contribution in [0.2, 0.25) is 0 Å². The molecule has 24 heavy (non-hydrogen) atoms. The third-order valence-electron chi connectivity index (χ3n) is 4.55. The summed E-state index contributed by atoms with van der Waals surface area (Å²) in [6.45, 7) is 5.26. The van der Waals surface area contributed by atoms with Crippen LogP contribution < -0.4 is 4.87 Å². The van der Waals surface area contributed by atoms with Gasteiger partial charge in [-0.2, -0.15) is 0 Å². The first-order valence-electron chi connectivity index (χ1n) is 8.44. The van der Waals surface area contributed by atoms with Gasteiger partial charge in [0.2, 0.25) is 0 Å². The van der Waals surface area contributed by atoms with Crippen molar-refractivity contribution in [1.29, 1.82) is 0 Å². The third kappa shape index (κ3) is 4.23. The van der Waals surface area contributed by atoms with E-state index in [0.29, 0.717) is 0 Å². The van der Waals surface area contributed by atoms with Gasteiger partial charge < -0.3 is 9.47 Å². The van der Waals surface area contributed by atoms with Gasteiger partial charge in [0.25, 0.3) is 0 Å². The van der Waals surface area contributed by atoms with Crippen molar-refractivity contribution in [2.45, 2.75) is 6.42 Å². The topological polar surface area (TPSA) is 28.5 Å². The lowest BCUT2D eigenvalue weighted by molar-refractivity contribution is 0.258. The lowest BCUT2D eigenvalue weighted by Gasteiger charge is -2.23. The monoisotopic (exact) mass is 343 g/mol. The van der Waals surface area contributed by atoms with Crippen LogP contribution >= 0.6 is 11.3 Å². The molecule has 1 aromatic carbocycles. The maximum absolute atomic E-state index is 11.7. The number of thiazole rings is 1. The number of hydrogen-bond donors (Lipinski definition) is 0. The van der Waals surface area contributed by atoms with Crippen LogP contribution in [0, 0.1) is 0 Å². The van der Waals surface area contributed by atoms with Gasteiger partial charge in [-0.25, -0.2) is 0 Å². The summed E-state index contributed by atoms with van der Waals surface area (Å²) in [5.74, 6) is 0. The summed E-state index contributed by atoms with van der Waals surface area (Å²) in [5.41, 5.74) is 2.33. The second-order valence-corrected chi connectivity index (χ2v) is 7.39. The number of benzene rings is 1. The highest BCUT2D eigenvalue weighted by Crippen LogP contribution is 2.18. The Bertz CT molecular complexity index is 789. The van der Waals surface area contributed by atoms with Crippen molar-refractivity contribution in [2.24, 2.45) is 7.05 Å². The van der Waals surface area contributed by atoms with Crippen LogP contribution in [-0.2, 0) is 13.5 Å². The molecule has 0 radical (unpaired) electrons. The predicted octanol–water partition coefficient (Wildman–Crippen LogP) is 2.50. The van der Waals surface area contributed by atoms with Crippen LogP contribution in [0.5, 0.6) is 0 Å². The second-order valence-electron chi connectivity index (χ2n) is 6.40. The van der Waals surface area contributed by atoms with Gasteiger partial charge in [-0.1, -0.05) is 41.7 Å².